The van der Waals surface area contributed by atoms with E-state index in [0.29, 0.717) is 28.7 Å². The zero-order valence-corrected chi connectivity index (χ0v) is 18.0. The summed E-state index contributed by atoms with van der Waals surface area (Å²) < 4.78 is 11.1. The van der Waals surface area contributed by atoms with Gasteiger partial charge in [-0.3, -0.25) is 4.79 Å². The molecule has 0 unspecified atom stereocenters. The Morgan fingerprint density at radius 1 is 1.17 bits per heavy atom. The van der Waals surface area contributed by atoms with E-state index in [-0.39, 0.29) is 5.91 Å². The predicted octanol–water partition coefficient (Wildman–Crippen LogP) is 4.14. The van der Waals surface area contributed by atoms with Crippen molar-refractivity contribution in [1.82, 2.24) is 4.90 Å². The highest BCUT2D eigenvalue weighted by Crippen LogP contribution is 2.37. The van der Waals surface area contributed by atoms with Crippen LogP contribution < -0.4 is 19.7 Å². The van der Waals surface area contributed by atoms with Crippen LogP contribution in [-0.2, 0) is 0 Å². The van der Waals surface area contributed by atoms with Gasteiger partial charge in [0.05, 0.1) is 30.1 Å². The van der Waals surface area contributed by atoms with Crippen LogP contribution in [0.25, 0.3) is 0 Å². The molecule has 0 aliphatic carbocycles. The van der Waals surface area contributed by atoms with Gasteiger partial charge in [0.15, 0.2) is 11.5 Å². The van der Waals surface area contributed by atoms with Crippen molar-refractivity contribution in [3.8, 4) is 11.5 Å². The van der Waals surface area contributed by atoms with Crippen LogP contribution in [0.5, 0.6) is 11.5 Å². The maximum atomic E-state index is 13.0. The van der Waals surface area contributed by atoms with E-state index in [1.54, 1.807) is 12.1 Å². The molecule has 29 heavy (non-hydrogen) atoms. The number of anilines is 2. The van der Waals surface area contributed by atoms with Gasteiger partial charge in [0.2, 0.25) is 0 Å². The van der Waals surface area contributed by atoms with Crippen molar-refractivity contribution in [3.05, 3.63) is 47.0 Å². The molecule has 0 aromatic heterocycles. The minimum Gasteiger partial charge on any atom is -0.493 e. The topological polar surface area (TPSA) is 54.0 Å². The zero-order chi connectivity index (χ0) is 20.8. The average Bonchev–Trinajstić information content (AvgIpc) is 2.73. The molecule has 0 bridgehead atoms. The lowest BCUT2D eigenvalue weighted by atomic mass is 10.1. The molecular formula is C22H28ClN3O3. The molecule has 2 aromatic carbocycles. The Bertz CT molecular complexity index is 851. The van der Waals surface area contributed by atoms with Gasteiger partial charge < -0.3 is 24.6 Å². The first-order valence-corrected chi connectivity index (χ1v) is 10.3. The van der Waals surface area contributed by atoms with Crippen LogP contribution in [0.1, 0.15) is 23.7 Å². The number of carbonyl (C=O) groups is 1. The van der Waals surface area contributed by atoms with E-state index in [1.807, 2.05) is 31.2 Å². The van der Waals surface area contributed by atoms with Crippen molar-refractivity contribution in [2.75, 3.05) is 57.2 Å². The van der Waals surface area contributed by atoms with Crippen LogP contribution in [0.4, 0.5) is 11.4 Å². The molecule has 156 valence electrons. The molecule has 1 N–H and O–H groups in total. The van der Waals surface area contributed by atoms with E-state index in [0.717, 1.165) is 44.0 Å². The molecule has 2 aromatic rings. The third-order valence-electron chi connectivity index (χ3n) is 4.94. The average molecular weight is 418 g/mol. The fourth-order valence-corrected chi connectivity index (χ4v) is 3.56. The number of para-hydroxylation sites is 2. The molecule has 1 heterocycles. The monoisotopic (exact) mass is 417 g/mol. The second-order valence-corrected chi connectivity index (χ2v) is 7.51. The van der Waals surface area contributed by atoms with Gasteiger partial charge in [0.1, 0.15) is 0 Å². The van der Waals surface area contributed by atoms with Crippen molar-refractivity contribution in [3.63, 3.8) is 0 Å². The van der Waals surface area contributed by atoms with Crippen LogP contribution >= 0.6 is 11.6 Å². The second-order valence-electron chi connectivity index (χ2n) is 7.10. The number of methoxy groups -OCH3 is 1. The molecule has 1 amide bonds. The van der Waals surface area contributed by atoms with Crippen LogP contribution in [-0.4, -0.2) is 57.8 Å². The lowest BCUT2D eigenvalue weighted by Crippen LogP contribution is -2.44. The first-order valence-electron chi connectivity index (χ1n) is 9.87. The molecule has 0 atom stereocenters. The number of rotatable bonds is 7. The van der Waals surface area contributed by atoms with Crippen LogP contribution in [0.15, 0.2) is 36.4 Å². The van der Waals surface area contributed by atoms with Gasteiger partial charge in [-0.05, 0) is 37.7 Å². The summed E-state index contributed by atoms with van der Waals surface area (Å²) in [5.74, 6) is 0.669. The number of halogens is 1. The predicted molar refractivity (Wildman–Crippen MR) is 118 cm³/mol. The summed E-state index contributed by atoms with van der Waals surface area (Å²) in [5.41, 5.74) is 2.22. The molecule has 3 rings (SSSR count). The molecular weight excluding hydrogens is 390 g/mol. The Balaban J connectivity index is 1.81. The number of benzene rings is 2. The first-order chi connectivity index (χ1) is 14.0. The molecule has 1 aliphatic heterocycles. The number of nitrogens with zero attached hydrogens (tertiary/aromatic N) is 2. The summed E-state index contributed by atoms with van der Waals surface area (Å²) in [6, 6.07) is 11.1. The smallest absolute Gasteiger partial charge is 0.255 e. The molecule has 0 spiro atoms. The molecule has 1 fully saturated rings. The first kappa shape index (κ1) is 21.3. The lowest BCUT2D eigenvalue weighted by molar-refractivity contribution is 0.102. The fourth-order valence-electron chi connectivity index (χ4n) is 3.29. The number of ether oxygens (including phenoxy) is 2. The van der Waals surface area contributed by atoms with Crippen molar-refractivity contribution in [2.45, 2.75) is 13.3 Å². The Labute approximate surface area is 177 Å². The molecule has 0 saturated carbocycles. The number of likely N-dealkylation sites (N-methyl/N-ethyl adjacent to an activating group) is 1. The van der Waals surface area contributed by atoms with Crippen LogP contribution in [0.2, 0.25) is 5.02 Å². The minimum atomic E-state index is -0.242. The standard InChI is InChI=1S/C22H28ClN3O3/c1-4-13-29-21-17(23)14-16(15-20(21)28-3)22(27)24-18-7-5-6-8-19(18)26-11-9-25(2)10-12-26/h5-8,14-15H,4,9-13H2,1-3H3,(H,24,27). The van der Waals surface area contributed by atoms with E-state index in [2.05, 4.69) is 22.2 Å². The van der Waals surface area contributed by atoms with E-state index >= 15 is 0 Å². The number of amides is 1. The zero-order valence-electron chi connectivity index (χ0n) is 17.2. The van der Waals surface area contributed by atoms with Crippen molar-refractivity contribution in [1.29, 1.82) is 0 Å². The van der Waals surface area contributed by atoms with Crippen molar-refractivity contribution in [2.24, 2.45) is 0 Å². The Morgan fingerprint density at radius 2 is 1.90 bits per heavy atom. The van der Waals surface area contributed by atoms with Gasteiger partial charge in [-0.2, -0.15) is 0 Å². The van der Waals surface area contributed by atoms with Crippen LogP contribution in [0.3, 0.4) is 0 Å². The maximum absolute atomic E-state index is 13.0. The summed E-state index contributed by atoms with van der Waals surface area (Å²) in [5, 5.41) is 3.38. The van der Waals surface area contributed by atoms with E-state index in [1.165, 1.54) is 7.11 Å². The summed E-state index contributed by atoms with van der Waals surface area (Å²) in [6.07, 6.45) is 0.852. The number of hydrogen-bond donors (Lipinski definition) is 1. The van der Waals surface area contributed by atoms with Crippen molar-refractivity contribution >= 4 is 28.9 Å². The highest BCUT2D eigenvalue weighted by atomic mass is 35.5. The molecule has 0 radical (unpaired) electrons. The highest BCUT2D eigenvalue weighted by Gasteiger charge is 2.20. The normalized spacial score (nSPS) is 14.6. The summed E-state index contributed by atoms with van der Waals surface area (Å²) in [7, 11) is 3.66. The Hall–Kier alpha value is -2.44. The highest BCUT2D eigenvalue weighted by molar-refractivity contribution is 6.32. The molecule has 6 nitrogen and oxygen atoms in total. The number of nitrogens with one attached hydrogen (secondary N) is 1. The molecule has 1 saturated heterocycles. The molecule has 7 heteroatoms. The third-order valence-corrected chi connectivity index (χ3v) is 5.22. The summed E-state index contributed by atoms with van der Waals surface area (Å²) >= 11 is 6.36. The maximum Gasteiger partial charge on any atom is 0.255 e. The number of piperazine rings is 1. The van der Waals surface area contributed by atoms with Crippen LogP contribution in [0, 0.1) is 0 Å². The Morgan fingerprint density at radius 3 is 2.59 bits per heavy atom. The quantitative estimate of drug-likeness (QED) is 0.733. The second kappa shape index (κ2) is 9.85. The van der Waals surface area contributed by atoms with E-state index in [9.17, 15) is 4.79 Å². The van der Waals surface area contributed by atoms with E-state index < -0.39 is 0 Å². The van der Waals surface area contributed by atoms with Gasteiger partial charge in [0, 0.05) is 31.7 Å². The number of hydrogen-bond acceptors (Lipinski definition) is 5. The minimum absolute atomic E-state index is 0.242. The lowest BCUT2D eigenvalue weighted by Gasteiger charge is -2.35. The number of carbonyl (C=O) groups excluding carboxylic acids is 1. The van der Waals surface area contributed by atoms with Crippen molar-refractivity contribution < 1.29 is 14.3 Å². The van der Waals surface area contributed by atoms with E-state index in [4.69, 9.17) is 21.1 Å². The summed E-state index contributed by atoms with van der Waals surface area (Å²) in [6.45, 7) is 6.38. The summed E-state index contributed by atoms with van der Waals surface area (Å²) in [4.78, 5) is 17.6. The Kier molecular flexibility index (Phi) is 7.23. The van der Waals surface area contributed by atoms with Gasteiger partial charge in [-0.25, -0.2) is 0 Å². The van der Waals surface area contributed by atoms with Gasteiger partial charge >= 0.3 is 0 Å². The third kappa shape index (κ3) is 5.14. The molecule has 1 aliphatic rings. The fraction of sp³-hybridized carbons (Fsp3) is 0.409. The SMILES string of the molecule is CCCOc1c(Cl)cc(C(=O)Nc2ccccc2N2CCN(C)CC2)cc1OC. The largest absolute Gasteiger partial charge is 0.493 e. The van der Waals surface area contributed by atoms with Gasteiger partial charge in [0.25, 0.3) is 5.91 Å². The van der Waals surface area contributed by atoms with Gasteiger partial charge in [-0.15, -0.1) is 0 Å². The van der Waals surface area contributed by atoms with Gasteiger partial charge in [-0.1, -0.05) is 30.7 Å².